The van der Waals surface area contributed by atoms with Crippen molar-refractivity contribution in [1.82, 2.24) is 4.90 Å². The molecule has 33 heavy (non-hydrogen) atoms. The molecule has 0 radical (unpaired) electrons. The molecule has 1 atom stereocenters. The van der Waals surface area contributed by atoms with Crippen LogP contribution in [0.5, 0.6) is 5.75 Å². The van der Waals surface area contributed by atoms with Crippen LogP contribution >= 0.6 is 0 Å². The molecular formula is C23H32F3N3O4. The summed E-state index contributed by atoms with van der Waals surface area (Å²) in [4.78, 5) is 29.3. The van der Waals surface area contributed by atoms with Crippen LogP contribution in [0.2, 0.25) is 0 Å². The normalized spacial score (nSPS) is 21.7. The summed E-state index contributed by atoms with van der Waals surface area (Å²) in [5.41, 5.74) is 2.28. The third kappa shape index (κ3) is 4.82. The number of carbonyl (C=O) groups is 2. The van der Waals surface area contributed by atoms with Crippen molar-refractivity contribution in [3.05, 3.63) is 23.3 Å². The first kappa shape index (κ1) is 25.3. The summed E-state index contributed by atoms with van der Waals surface area (Å²) in [5.74, 6) is -1.57. The van der Waals surface area contributed by atoms with Gasteiger partial charge in [-0.2, -0.15) is 13.2 Å². The standard InChI is InChI=1S/C23H32F3N3O4/c1-14(2)29(15-7-5-4-6-8-15)20(31)16-11-18-19(12-17(16)23(24,25)26)33-22(3,13-30)21(32)28(18)10-9-27/h11-12,14-15,30H,4-10,13,27H2,1-3H3. The fraction of sp³-hybridized carbons (Fsp3) is 0.652. The molecule has 0 spiro atoms. The quantitative estimate of drug-likeness (QED) is 0.664. The fourth-order valence-electron chi connectivity index (χ4n) is 4.73. The summed E-state index contributed by atoms with van der Waals surface area (Å²) in [6.45, 7) is 4.20. The second-order valence-electron chi connectivity index (χ2n) is 9.20. The number of aliphatic hydroxyl groups excluding tert-OH is 1. The van der Waals surface area contributed by atoms with E-state index < -0.39 is 41.3 Å². The van der Waals surface area contributed by atoms with E-state index in [0.717, 1.165) is 44.2 Å². The molecule has 0 saturated heterocycles. The van der Waals surface area contributed by atoms with Crippen LogP contribution < -0.4 is 15.4 Å². The molecule has 2 aliphatic rings. The van der Waals surface area contributed by atoms with Gasteiger partial charge in [-0.05, 0) is 45.7 Å². The van der Waals surface area contributed by atoms with Crippen LogP contribution in [0.3, 0.4) is 0 Å². The molecule has 1 saturated carbocycles. The van der Waals surface area contributed by atoms with Gasteiger partial charge in [-0.3, -0.25) is 9.59 Å². The first-order valence-electron chi connectivity index (χ1n) is 11.3. The van der Waals surface area contributed by atoms with E-state index in [9.17, 15) is 27.9 Å². The number of aliphatic hydroxyl groups is 1. The van der Waals surface area contributed by atoms with Crippen LogP contribution in [0, 0.1) is 0 Å². The van der Waals surface area contributed by atoms with Gasteiger partial charge in [0.05, 0.1) is 23.4 Å². The van der Waals surface area contributed by atoms with Crippen LogP contribution in [-0.4, -0.2) is 59.2 Å². The van der Waals surface area contributed by atoms with Gasteiger partial charge in [-0.25, -0.2) is 0 Å². The minimum absolute atomic E-state index is 0.000296. The van der Waals surface area contributed by atoms with Crippen LogP contribution in [0.15, 0.2) is 12.1 Å². The number of ether oxygens (including phenoxy) is 1. The molecule has 1 fully saturated rings. The summed E-state index contributed by atoms with van der Waals surface area (Å²) < 4.78 is 47.9. The van der Waals surface area contributed by atoms with Crippen molar-refractivity contribution < 1.29 is 32.6 Å². The van der Waals surface area contributed by atoms with Crippen molar-refractivity contribution in [3.63, 3.8) is 0 Å². The highest BCUT2D eigenvalue weighted by Gasteiger charge is 2.47. The number of anilines is 1. The van der Waals surface area contributed by atoms with Crippen molar-refractivity contribution in [2.45, 2.75) is 76.7 Å². The van der Waals surface area contributed by atoms with Crippen molar-refractivity contribution in [1.29, 1.82) is 0 Å². The molecule has 1 aliphatic heterocycles. The lowest BCUT2D eigenvalue weighted by atomic mass is 9.92. The summed E-state index contributed by atoms with van der Waals surface area (Å²) in [5, 5.41) is 9.70. The van der Waals surface area contributed by atoms with E-state index in [1.807, 2.05) is 0 Å². The summed E-state index contributed by atoms with van der Waals surface area (Å²) in [7, 11) is 0. The van der Waals surface area contributed by atoms with Crippen LogP contribution in [-0.2, 0) is 11.0 Å². The largest absolute Gasteiger partial charge is 0.473 e. The Morgan fingerprint density at radius 1 is 1.30 bits per heavy atom. The molecule has 1 aliphatic carbocycles. The number of amides is 2. The van der Waals surface area contributed by atoms with E-state index >= 15 is 0 Å². The molecule has 1 heterocycles. The molecule has 0 bridgehead atoms. The first-order chi connectivity index (χ1) is 15.4. The smallest absolute Gasteiger partial charge is 0.417 e. The number of benzene rings is 1. The van der Waals surface area contributed by atoms with E-state index in [-0.39, 0.29) is 36.6 Å². The lowest BCUT2D eigenvalue weighted by Crippen LogP contribution is -2.57. The Kier molecular flexibility index (Phi) is 7.28. The third-order valence-electron chi connectivity index (χ3n) is 6.37. The Morgan fingerprint density at radius 2 is 1.94 bits per heavy atom. The van der Waals surface area contributed by atoms with Gasteiger partial charge in [0.2, 0.25) is 5.60 Å². The van der Waals surface area contributed by atoms with Crippen molar-refractivity contribution in [2.24, 2.45) is 5.73 Å². The van der Waals surface area contributed by atoms with E-state index in [4.69, 9.17) is 10.5 Å². The van der Waals surface area contributed by atoms with E-state index in [0.29, 0.717) is 0 Å². The summed E-state index contributed by atoms with van der Waals surface area (Å²) >= 11 is 0. The molecule has 3 N–H and O–H groups in total. The van der Waals surface area contributed by atoms with E-state index in [1.165, 1.54) is 16.7 Å². The van der Waals surface area contributed by atoms with Gasteiger partial charge < -0.3 is 25.4 Å². The monoisotopic (exact) mass is 471 g/mol. The Bertz CT molecular complexity index is 900. The predicted octanol–water partition coefficient (Wildman–Crippen LogP) is 3.32. The number of halogens is 3. The Morgan fingerprint density at radius 3 is 2.45 bits per heavy atom. The van der Waals surface area contributed by atoms with Crippen LogP contribution in [0.4, 0.5) is 18.9 Å². The van der Waals surface area contributed by atoms with E-state index in [1.54, 1.807) is 13.8 Å². The highest BCUT2D eigenvalue weighted by Crippen LogP contribution is 2.44. The Hall–Kier alpha value is -2.33. The average molecular weight is 472 g/mol. The molecule has 1 aromatic carbocycles. The zero-order chi connectivity index (χ0) is 24.6. The van der Waals surface area contributed by atoms with Gasteiger partial charge in [-0.1, -0.05) is 19.3 Å². The molecular weight excluding hydrogens is 439 g/mol. The summed E-state index contributed by atoms with van der Waals surface area (Å²) in [6.07, 6.45) is -0.458. The third-order valence-corrected chi connectivity index (χ3v) is 6.37. The maximum atomic E-state index is 14.1. The highest BCUT2D eigenvalue weighted by molar-refractivity contribution is 6.05. The number of rotatable bonds is 6. The molecule has 10 heteroatoms. The number of alkyl halides is 3. The van der Waals surface area contributed by atoms with Crippen molar-refractivity contribution >= 4 is 17.5 Å². The lowest BCUT2D eigenvalue weighted by molar-refractivity contribution is -0.139. The van der Waals surface area contributed by atoms with Gasteiger partial charge in [0, 0.05) is 25.2 Å². The number of nitrogens with two attached hydrogens (primary N) is 1. The van der Waals surface area contributed by atoms with Crippen molar-refractivity contribution in [2.75, 3.05) is 24.6 Å². The number of fused-ring (bicyclic) bond motifs is 1. The van der Waals surface area contributed by atoms with E-state index in [2.05, 4.69) is 0 Å². The minimum atomic E-state index is -4.83. The predicted molar refractivity (Wildman–Crippen MR) is 117 cm³/mol. The lowest BCUT2D eigenvalue weighted by Gasteiger charge is -2.41. The summed E-state index contributed by atoms with van der Waals surface area (Å²) in [6, 6.07) is 1.40. The first-order valence-corrected chi connectivity index (χ1v) is 11.3. The van der Waals surface area contributed by atoms with Gasteiger partial charge in [0.1, 0.15) is 5.75 Å². The topological polar surface area (TPSA) is 96.1 Å². The van der Waals surface area contributed by atoms with Gasteiger partial charge >= 0.3 is 6.18 Å². The maximum Gasteiger partial charge on any atom is 0.417 e. The van der Waals surface area contributed by atoms with Crippen molar-refractivity contribution in [3.8, 4) is 5.75 Å². The number of nitrogens with zero attached hydrogens (tertiary/aromatic N) is 2. The molecule has 1 unspecified atom stereocenters. The number of carbonyl (C=O) groups excluding carboxylic acids is 2. The second kappa shape index (κ2) is 9.50. The zero-order valence-electron chi connectivity index (χ0n) is 19.2. The SMILES string of the molecule is CC(C)N(C(=O)c1cc2c(cc1C(F)(F)F)OC(C)(CO)C(=O)N2CCN)C1CCCCC1. The average Bonchev–Trinajstić information content (AvgIpc) is 2.76. The molecule has 3 rings (SSSR count). The zero-order valence-corrected chi connectivity index (χ0v) is 19.2. The number of hydrogen-bond donors (Lipinski definition) is 2. The molecule has 0 aromatic heterocycles. The fourth-order valence-corrected chi connectivity index (χ4v) is 4.73. The number of hydrogen-bond acceptors (Lipinski definition) is 5. The van der Waals surface area contributed by atoms with Gasteiger partial charge in [0.25, 0.3) is 11.8 Å². The molecule has 184 valence electrons. The van der Waals surface area contributed by atoms with Gasteiger partial charge in [-0.15, -0.1) is 0 Å². The minimum Gasteiger partial charge on any atom is -0.473 e. The van der Waals surface area contributed by atoms with Crippen LogP contribution in [0.1, 0.15) is 68.8 Å². The molecule has 2 amide bonds. The molecule has 7 nitrogen and oxygen atoms in total. The Balaban J connectivity index is 2.17. The maximum absolute atomic E-state index is 14.1. The van der Waals surface area contributed by atoms with Crippen LogP contribution in [0.25, 0.3) is 0 Å². The molecule has 1 aromatic rings. The van der Waals surface area contributed by atoms with Gasteiger partial charge in [0.15, 0.2) is 0 Å². The Labute approximate surface area is 191 Å². The highest BCUT2D eigenvalue weighted by atomic mass is 19.4. The second-order valence-corrected chi connectivity index (χ2v) is 9.20.